The van der Waals surface area contributed by atoms with E-state index in [-0.39, 0.29) is 18.1 Å². The van der Waals surface area contributed by atoms with Crippen molar-refractivity contribution in [2.45, 2.75) is 19.3 Å². The van der Waals surface area contributed by atoms with Crippen LogP contribution in [0.3, 0.4) is 0 Å². The number of nitrogens with one attached hydrogen (secondary N) is 1. The molecular weight excluding hydrogens is 295 g/mol. The molecular formula is C18H17FN2O2. The summed E-state index contributed by atoms with van der Waals surface area (Å²) in [7, 11) is 0. The van der Waals surface area contributed by atoms with Crippen molar-refractivity contribution in [1.82, 2.24) is 0 Å². The fourth-order valence-electron chi connectivity index (χ4n) is 2.85. The Morgan fingerprint density at radius 3 is 2.52 bits per heavy atom. The summed E-state index contributed by atoms with van der Waals surface area (Å²) >= 11 is 0. The Balaban J connectivity index is 1.82. The largest absolute Gasteiger partial charge is 0.322 e. The van der Waals surface area contributed by atoms with Crippen LogP contribution in [0, 0.1) is 5.82 Å². The molecule has 4 nitrogen and oxygen atoms in total. The molecule has 2 aromatic rings. The average molecular weight is 312 g/mol. The minimum atomic E-state index is -0.672. The molecule has 0 unspecified atom stereocenters. The van der Waals surface area contributed by atoms with Crippen LogP contribution in [0.4, 0.5) is 15.8 Å². The summed E-state index contributed by atoms with van der Waals surface area (Å²) in [5.41, 5.74) is 1.06. The number of nitrogens with zero attached hydrogens (tertiary/aromatic N) is 1. The average Bonchev–Trinajstić information content (AvgIpc) is 2.71. The molecule has 2 aromatic carbocycles. The summed E-state index contributed by atoms with van der Waals surface area (Å²) in [4.78, 5) is 26.3. The van der Waals surface area contributed by atoms with Crippen LogP contribution in [-0.2, 0) is 15.0 Å². The Kier molecular flexibility index (Phi) is 3.64. The van der Waals surface area contributed by atoms with E-state index in [1.807, 2.05) is 38.1 Å². The lowest BCUT2D eigenvalue weighted by Crippen LogP contribution is -2.40. The lowest BCUT2D eigenvalue weighted by atomic mass is 9.86. The van der Waals surface area contributed by atoms with Crippen molar-refractivity contribution in [3.05, 3.63) is 59.9 Å². The molecule has 0 atom stereocenters. The molecule has 0 aliphatic carbocycles. The van der Waals surface area contributed by atoms with E-state index in [2.05, 4.69) is 5.32 Å². The van der Waals surface area contributed by atoms with Crippen molar-refractivity contribution >= 4 is 23.2 Å². The van der Waals surface area contributed by atoms with E-state index in [0.29, 0.717) is 0 Å². The predicted octanol–water partition coefficient (Wildman–Crippen LogP) is 3.09. The summed E-state index contributed by atoms with van der Waals surface area (Å²) in [5.74, 6) is -1.08. The number of halogens is 1. The van der Waals surface area contributed by atoms with Crippen molar-refractivity contribution in [2.75, 3.05) is 16.8 Å². The van der Waals surface area contributed by atoms with Gasteiger partial charge in [-0.2, -0.15) is 0 Å². The van der Waals surface area contributed by atoms with Crippen LogP contribution < -0.4 is 10.2 Å². The molecule has 0 saturated heterocycles. The third-order valence-corrected chi connectivity index (χ3v) is 4.10. The van der Waals surface area contributed by atoms with Gasteiger partial charge >= 0.3 is 0 Å². The van der Waals surface area contributed by atoms with Crippen LogP contribution in [0.1, 0.15) is 19.4 Å². The first kappa shape index (κ1) is 15.2. The fourth-order valence-corrected chi connectivity index (χ4v) is 2.85. The van der Waals surface area contributed by atoms with Crippen LogP contribution >= 0.6 is 0 Å². The predicted molar refractivity (Wildman–Crippen MR) is 86.9 cm³/mol. The van der Waals surface area contributed by atoms with Crippen molar-refractivity contribution in [1.29, 1.82) is 0 Å². The first-order valence-corrected chi connectivity index (χ1v) is 7.37. The zero-order valence-corrected chi connectivity index (χ0v) is 13.0. The second-order valence-electron chi connectivity index (χ2n) is 6.06. The lowest BCUT2D eigenvalue weighted by molar-refractivity contribution is -0.124. The van der Waals surface area contributed by atoms with Crippen molar-refractivity contribution in [3.63, 3.8) is 0 Å². The van der Waals surface area contributed by atoms with Gasteiger partial charge < -0.3 is 10.2 Å². The van der Waals surface area contributed by atoms with Gasteiger partial charge in [0, 0.05) is 5.69 Å². The maximum absolute atomic E-state index is 13.6. The standard InChI is InChI=1S/C18H17FN2O2/c1-18(2)12-7-3-6-10-15(12)21(17(18)23)11-16(22)20-14-9-5-4-8-13(14)19/h3-10H,11H2,1-2H3,(H,20,22). The van der Waals surface area contributed by atoms with Crippen LogP contribution in [0.25, 0.3) is 0 Å². The maximum atomic E-state index is 13.6. The number of fused-ring (bicyclic) bond motifs is 1. The van der Waals surface area contributed by atoms with Gasteiger partial charge in [-0.1, -0.05) is 30.3 Å². The molecule has 23 heavy (non-hydrogen) atoms. The quantitative estimate of drug-likeness (QED) is 0.947. The van der Waals surface area contributed by atoms with Gasteiger partial charge in [0.2, 0.25) is 11.8 Å². The molecule has 0 radical (unpaired) electrons. The first-order valence-electron chi connectivity index (χ1n) is 7.37. The smallest absolute Gasteiger partial charge is 0.244 e. The highest BCUT2D eigenvalue weighted by Gasteiger charge is 2.44. The monoisotopic (exact) mass is 312 g/mol. The lowest BCUT2D eigenvalue weighted by Gasteiger charge is -2.20. The minimum absolute atomic E-state index is 0.108. The number of amides is 2. The third-order valence-electron chi connectivity index (χ3n) is 4.10. The van der Waals surface area contributed by atoms with Crippen LogP contribution in [-0.4, -0.2) is 18.4 Å². The zero-order valence-electron chi connectivity index (χ0n) is 13.0. The third kappa shape index (κ3) is 2.59. The number of hydrogen-bond donors (Lipinski definition) is 1. The Morgan fingerprint density at radius 1 is 1.13 bits per heavy atom. The number of carbonyl (C=O) groups is 2. The summed E-state index contributed by atoms with van der Waals surface area (Å²) in [6.07, 6.45) is 0. The molecule has 3 rings (SSSR count). The highest BCUT2D eigenvalue weighted by atomic mass is 19.1. The van der Waals surface area contributed by atoms with E-state index in [0.717, 1.165) is 11.3 Å². The number of benzene rings is 2. The van der Waals surface area contributed by atoms with E-state index >= 15 is 0 Å². The summed E-state index contributed by atoms with van der Waals surface area (Å²) in [6.45, 7) is 3.53. The highest BCUT2D eigenvalue weighted by molar-refractivity contribution is 6.11. The summed E-state index contributed by atoms with van der Waals surface area (Å²) in [5, 5.41) is 2.51. The van der Waals surface area contributed by atoms with E-state index < -0.39 is 17.1 Å². The van der Waals surface area contributed by atoms with Gasteiger partial charge in [0.05, 0.1) is 11.1 Å². The maximum Gasteiger partial charge on any atom is 0.244 e. The normalized spacial score (nSPS) is 15.4. The molecule has 0 saturated carbocycles. The van der Waals surface area contributed by atoms with E-state index in [9.17, 15) is 14.0 Å². The second-order valence-corrected chi connectivity index (χ2v) is 6.06. The van der Waals surface area contributed by atoms with Gasteiger partial charge in [0.25, 0.3) is 0 Å². The number of carbonyl (C=O) groups excluding carboxylic acids is 2. The van der Waals surface area contributed by atoms with E-state index in [1.54, 1.807) is 12.1 Å². The van der Waals surface area contributed by atoms with Gasteiger partial charge in [-0.05, 0) is 37.6 Å². The molecule has 0 fully saturated rings. The van der Waals surface area contributed by atoms with Gasteiger partial charge in [-0.25, -0.2) is 4.39 Å². The van der Waals surface area contributed by atoms with Crippen LogP contribution in [0.5, 0.6) is 0 Å². The molecule has 2 amide bonds. The first-order chi connectivity index (χ1) is 10.9. The van der Waals surface area contributed by atoms with Crippen molar-refractivity contribution in [2.24, 2.45) is 0 Å². The van der Waals surface area contributed by atoms with Crippen molar-refractivity contribution < 1.29 is 14.0 Å². The topological polar surface area (TPSA) is 49.4 Å². The van der Waals surface area contributed by atoms with Gasteiger partial charge in [-0.3, -0.25) is 9.59 Å². The Hall–Kier alpha value is -2.69. The van der Waals surface area contributed by atoms with Gasteiger partial charge in [0.1, 0.15) is 12.4 Å². The highest BCUT2D eigenvalue weighted by Crippen LogP contribution is 2.41. The van der Waals surface area contributed by atoms with Gasteiger partial charge in [0.15, 0.2) is 0 Å². The Morgan fingerprint density at radius 2 is 1.78 bits per heavy atom. The number of anilines is 2. The van der Waals surface area contributed by atoms with Gasteiger partial charge in [-0.15, -0.1) is 0 Å². The SMILES string of the molecule is CC1(C)C(=O)N(CC(=O)Nc2ccccc2F)c2ccccc21. The molecule has 1 heterocycles. The molecule has 1 aliphatic heterocycles. The fraction of sp³-hybridized carbons (Fsp3) is 0.222. The van der Waals surface area contributed by atoms with Crippen LogP contribution in [0.2, 0.25) is 0 Å². The molecule has 1 N–H and O–H groups in total. The van der Waals surface area contributed by atoms with Crippen LogP contribution in [0.15, 0.2) is 48.5 Å². The Bertz CT molecular complexity index is 786. The second kappa shape index (κ2) is 5.50. The number of para-hydroxylation sites is 2. The molecule has 0 spiro atoms. The molecule has 0 aromatic heterocycles. The molecule has 1 aliphatic rings. The number of rotatable bonds is 3. The molecule has 5 heteroatoms. The zero-order chi connectivity index (χ0) is 16.6. The summed E-state index contributed by atoms with van der Waals surface area (Å²) < 4.78 is 13.6. The molecule has 0 bridgehead atoms. The Labute approximate surface area is 133 Å². The van der Waals surface area contributed by atoms with Crippen molar-refractivity contribution in [3.8, 4) is 0 Å². The minimum Gasteiger partial charge on any atom is -0.322 e. The summed E-state index contributed by atoms with van der Waals surface area (Å²) in [6, 6.07) is 13.4. The number of hydrogen-bond acceptors (Lipinski definition) is 2. The van der Waals surface area contributed by atoms with E-state index in [1.165, 1.54) is 17.0 Å². The van der Waals surface area contributed by atoms with E-state index in [4.69, 9.17) is 0 Å². The molecule has 118 valence electrons.